The van der Waals surface area contributed by atoms with Crippen molar-refractivity contribution < 1.29 is 0 Å². The van der Waals surface area contributed by atoms with Crippen molar-refractivity contribution in [2.45, 2.75) is 45.4 Å². The summed E-state index contributed by atoms with van der Waals surface area (Å²) in [6, 6.07) is 0. The lowest BCUT2D eigenvalue weighted by atomic mass is 9.96. The topological polar surface area (TPSA) is 0 Å². The Morgan fingerprint density at radius 2 is 2.00 bits per heavy atom. The van der Waals surface area contributed by atoms with Gasteiger partial charge in [0.25, 0.3) is 0 Å². The Balaban J connectivity index is 2.14. The standard InChI is InChI=1S/C12H16S/c1-7-11-6-9-4-3-5-10(9)12(11)8(2)13-7/h9-10H,3-6H2,1-2H3. The lowest BCUT2D eigenvalue weighted by Crippen LogP contribution is -1.98. The van der Waals surface area contributed by atoms with Gasteiger partial charge in [-0.2, -0.15) is 0 Å². The average molecular weight is 192 g/mol. The Morgan fingerprint density at radius 1 is 1.15 bits per heavy atom. The molecule has 1 aromatic rings. The maximum absolute atomic E-state index is 2.32. The van der Waals surface area contributed by atoms with E-state index in [4.69, 9.17) is 0 Å². The molecule has 13 heavy (non-hydrogen) atoms. The molecular formula is C12H16S. The van der Waals surface area contributed by atoms with Crippen molar-refractivity contribution in [3.05, 3.63) is 20.9 Å². The van der Waals surface area contributed by atoms with Crippen molar-refractivity contribution in [3.8, 4) is 0 Å². The molecule has 0 aliphatic heterocycles. The van der Waals surface area contributed by atoms with Gasteiger partial charge in [-0.3, -0.25) is 0 Å². The number of rotatable bonds is 0. The van der Waals surface area contributed by atoms with Crippen LogP contribution < -0.4 is 0 Å². The summed E-state index contributed by atoms with van der Waals surface area (Å²) in [7, 11) is 0. The number of aryl methyl sites for hydroxylation is 2. The third-order valence-corrected chi connectivity index (χ3v) is 5.01. The second-order valence-corrected chi connectivity index (χ2v) is 6.04. The van der Waals surface area contributed by atoms with Gasteiger partial charge in [0.1, 0.15) is 0 Å². The minimum Gasteiger partial charge on any atom is -0.145 e. The Kier molecular flexibility index (Phi) is 1.61. The van der Waals surface area contributed by atoms with Gasteiger partial charge in [-0.25, -0.2) is 0 Å². The predicted octanol–water partition coefficient (Wildman–Crippen LogP) is 3.80. The van der Waals surface area contributed by atoms with E-state index < -0.39 is 0 Å². The molecule has 2 atom stereocenters. The van der Waals surface area contributed by atoms with Crippen molar-refractivity contribution in [3.63, 3.8) is 0 Å². The van der Waals surface area contributed by atoms with Crippen molar-refractivity contribution in [2.75, 3.05) is 0 Å². The van der Waals surface area contributed by atoms with E-state index in [0.29, 0.717) is 0 Å². The lowest BCUT2D eigenvalue weighted by molar-refractivity contribution is 0.526. The molecule has 1 heteroatoms. The first-order valence-electron chi connectivity index (χ1n) is 5.36. The summed E-state index contributed by atoms with van der Waals surface area (Å²) in [5, 5.41) is 0. The summed E-state index contributed by atoms with van der Waals surface area (Å²) in [5.74, 6) is 1.98. The molecule has 0 bridgehead atoms. The summed E-state index contributed by atoms with van der Waals surface area (Å²) in [5.41, 5.74) is 3.50. The highest BCUT2D eigenvalue weighted by atomic mass is 32.1. The van der Waals surface area contributed by atoms with Gasteiger partial charge in [0.05, 0.1) is 0 Å². The second kappa shape index (κ2) is 2.60. The van der Waals surface area contributed by atoms with Crippen LogP contribution in [-0.4, -0.2) is 0 Å². The van der Waals surface area contributed by atoms with Crippen molar-refractivity contribution in [1.29, 1.82) is 0 Å². The normalized spacial score (nSPS) is 30.6. The molecule has 1 saturated carbocycles. The van der Waals surface area contributed by atoms with Gasteiger partial charge in [0, 0.05) is 9.75 Å². The van der Waals surface area contributed by atoms with Gasteiger partial charge >= 0.3 is 0 Å². The number of hydrogen-bond acceptors (Lipinski definition) is 1. The van der Waals surface area contributed by atoms with Crippen LogP contribution >= 0.6 is 11.3 Å². The fraction of sp³-hybridized carbons (Fsp3) is 0.667. The molecule has 1 fully saturated rings. The van der Waals surface area contributed by atoms with Crippen LogP contribution in [0.3, 0.4) is 0 Å². The van der Waals surface area contributed by atoms with Crippen molar-refractivity contribution >= 4 is 11.3 Å². The summed E-state index contributed by atoms with van der Waals surface area (Å²) in [6.07, 6.45) is 5.83. The first kappa shape index (κ1) is 8.05. The zero-order chi connectivity index (χ0) is 9.00. The molecule has 2 aliphatic carbocycles. The van der Waals surface area contributed by atoms with Crippen LogP contribution in [0.4, 0.5) is 0 Å². The molecule has 0 amide bonds. The molecule has 70 valence electrons. The van der Waals surface area contributed by atoms with Gasteiger partial charge in [-0.1, -0.05) is 6.42 Å². The largest absolute Gasteiger partial charge is 0.145 e. The minimum atomic E-state index is 0.958. The predicted molar refractivity (Wildman–Crippen MR) is 57.6 cm³/mol. The molecule has 1 aromatic heterocycles. The maximum atomic E-state index is 2.32. The van der Waals surface area contributed by atoms with Gasteiger partial charge in [0.15, 0.2) is 0 Å². The van der Waals surface area contributed by atoms with Crippen LogP contribution in [-0.2, 0) is 6.42 Å². The van der Waals surface area contributed by atoms with Crippen LogP contribution in [0, 0.1) is 19.8 Å². The Morgan fingerprint density at radius 3 is 2.85 bits per heavy atom. The molecule has 0 spiro atoms. The number of thiophene rings is 1. The first-order valence-corrected chi connectivity index (χ1v) is 6.18. The summed E-state index contributed by atoms with van der Waals surface area (Å²) in [6.45, 7) is 4.62. The fourth-order valence-corrected chi connectivity index (χ4v) is 4.57. The first-order chi connectivity index (χ1) is 6.27. The van der Waals surface area contributed by atoms with Crippen molar-refractivity contribution in [2.24, 2.45) is 5.92 Å². The highest BCUT2D eigenvalue weighted by Gasteiger charge is 2.38. The van der Waals surface area contributed by atoms with Crippen LogP contribution in [0.15, 0.2) is 0 Å². The third kappa shape index (κ3) is 0.969. The van der Waals surface area contributed by atoms with Crippen LogP contribution in [0.1, 0.15) is 46.1 Å². The lowest BCUT2D eigenvalue weighted by Gasteiger charge is -2.09. The molecule has 3 rings (SSSR count). The molecular weight excluding hydrogens is 176 g/mol. The summed E-state index contributed by atoms with van der Waals surface area (Å²) < 4.78 is 0. The fourth-order valence-electron chi connectivity index (χ4n) is 3.41. The average Bonchev–Trinajstić information content (AvgIpc) is 2.63. The Bertz CT molecular complexity index is 348. The smallest absolute Gasteiger partial charge is 0.00548 e. The quantitative estimate of drug-likeness (QED) is 0.586. The van der Waals surface area contributed by atoms with E-state index in [2.05, 4.69) is 13.8 Å². The highest BCUT2D eigenvalue weighted by Crippen LogP contribution is 2.52. The monoisotopic (exact) mass is 192 g/mol. The molecule has 2 aliphatic rings. The third-order valence-electron chi connectivity index (χ3n) is 3.93. The maximum Gasteiger partial charge on any atom is 0.00548 e. The van der Waals surface area contributed by atoms with Gasteiger partial charge in [0.2, 0.25) is 0 Å². The van der Waals surface area contributed by atoms with Crippen LogP contribution in [0.2, 0.25) is 0 Å². The summed E-state index contributed by atoms with van der Waals surface area (Å²) >= 11 is 2.02. The van der Waals surface area contributed by atoms with E-state index in [-0.39, 0.29) is 0 Å². The van der Waals surface area contributed by atoms with E-state index in [0.717, 1.165) is 11.8 Å². The van der Waals surface area contributed by atoms with Gasteiger partial charge in [-0.15, -0.1) is 11.3 Å². The van der Waals surface area contributed by atoms with Crippen molar-refractivity contribution in [1.82, 2.24) is 0 Å². The van der Waals surface area contributed by atoms with E-state index in [1.54, 1.807) is 20.9 Å². The molecule has 0 nitrogen and oxygen atoms in total. The van der Waals surface area contributed by atoms with E-state index in [1.807, 2.05) is 11.3 Å². The van der Waals surface area contributed by atoms with Gasteiger partial charge in [-0.05, 0) is 56.1 Å². The molecule has 1 heterocycles. The Labute approximate surface area is 84.0 Å². The van der Waals surface area contributed by atoms with E-state index >= 15 is 0 Å². The SMILES string of the molecule is Cc1sc(C)c2c1CC1CCCC21. The molecule has 2 unspecified atom stereocenters. The second-order valence-electron chi connectivity index (χ2n) is 4.61. The zero-order valence-electron chi connectivity index (χ0n) is 8.39. The molecule has 0 N–H and O–H groups in total. The van der Waals surface area contributed by atoms with E-state index in [9.17, 15) is 0 Å². The number of fused-ring (bicyclic) bond motifs is 3. The minimum absolute atomic E-state index is 0.958. The van der Waals surface area contributed by atoms with E-state index in [1.165, 1.54) is 25.7 Å². The highest BCUT2D eigenvalue weighted by molar-refractivity contribution is 7.12. The van der Waals surface area contributed by atoms with Crippen LogP contribution in [0.5, 0.6) is 0 Å². The molecule has 0 aromatic carbocycles. The molecule has 0 radical (unpaired) electrons. The zero-order valence-corrected chi connectivity index (χ0v) is 9.21. The summed E-state index contributed by atoms with van der Waals surface area (Å²) in [4.78, 5) is 3.21. The van der Waals surface area contributed by atoms with Gasteiger partial charge < -0.3 is 0 Å². The van der Waals surface area contributed by atoms with Crippen LogP contribution in [0.25, 0.3) is 0 Å². The molecule has 0 saturated heterocycles. The Hall–Kier alpha value is -0.300. The number of hydrogen-bond donors (Lipinski definition) is 0.